The fourth-order valence-electron chi connectivity index (χ4n) is 2.08. The molecule has 0 aliphatic carbocycles. The summed E-state index contributed by atoms with van der Waals surface area (Å²) in [5.74, 6) is 0.752. The third kappa shape index (κ3) is 3.58. The number of nitrogens with zero attached hydrogens (tertiary/aromatic N) is 1. The fourth-order valence-corrected chi connectivity index (χ4v) is 2.28. The first-order valence-corrected chi connectivity index (χ1v) is 7.22. The number of hydrogen-bond donors (Lipinski definition) is 1. The maximum absolute atomic E-state index is 12.1. The molecule has 0 bridgehead atoms. The first-order chi connectivity index (χ1) is 10.0. The number of carbonyl (C=O) groups excluding carboxylic acids is 1. The van der Waals surface area contributed by atoms with Crippen molar-refractivity contribution in [2.75, 3.05) is 19.4 Å². The van der Waals surface area contributed by atoms with E-state index >= 15 is 0 Å². The lowest BCUT2D eigenvalue weighted by Gasteiger charge is -2.18. The number of halogens is 1. The minimum Gasteiger partial charge on any atom is -0.467 e. The molecule has 21 heavy (non-hydrogen) atoms. The zero-order chi connectivity index (χ0) is 15.4. The van der Waals surface area contributed by atoms with E-state index in [9.17, 15) is 4.79 Å². The van der Waals surface area contributed by atoms with Crippen molar-refractivity contribution in [1.82, 2.24) is 4.90 Å². The molecular formula is C16H19ClN2O2. The summed E-state index contributed by atoms with van der Waals surface area (Å²) in [5.41, 5.74) is 1.33. The number of rotatable bonds is 5. The van der Waals surface area contributed by atoms with Crippen molar-refractivity contribution in [2.24, 2.45) is 0 Å². The monoisotopic (exact) mass is 306 g/mol. The average molecular weight is 307 g/mol. The maximum Gasteiger partial charge on any atom is 0.254 e. The van der Waals surface area contributed by atoms with E-state index in [-0.39, 0.29) is 11.9 Å². The van der Waals surface area contributed by atoms with E-state index in [1.165, 1.54) is 4.90 Å². The summed E-state index contributed by atoms with van der Waals surface area (Å²) in [6.07, 6.45) is 2.52. The normalized spacial score (nSPS) is 12.0. The first-order valence-electron chi connectivity index (χ1n) is 6.84. The highest BCUT2D eigenvalue weighted by Gasteiger charge is 2.16. The SMILES string of the molecule is CCC(Nc1ccc(Cl)c(C(=O)N(C)C)c1)c1ccco1. The van der Waals surface area contributed by atoms with E-state index in [1.807, 2.05) is 18.2 Å². The van der Waals surface area contributed by atoms with E-state index in [2.05, 4.69) is 12.2 Å². The van der Waals surface area contributed by atoms with Crippen LogP contribution in [0.3, 0.4) is 0 Å². The highest BCUT2D eigenvalue weighted by Crippen LogP contribution is 2.26. The van der Waals surface area contributed by atoms with Gasteiger partial charge in [-0.2, -0.15) is 0 Å². The molecule has 1 atom stereocenters. The second-order valence-electron chi connectivity index (χ2n) is 5.01. The largest absolute Gasteiger partial charge is 0.467 e. The van der Waals surface area contributed by atoms with Crippen LogP contribution in [-0.4, -0.2) is 24.9 Å². The summed E-state index contributed by atoms with van der Waals surface area (Å²) in [5, 5.41) is 3.82. The molecular weight excluding hydrogens is 288 g/mol. The molecule has 0 saturated carbocycles. The van der Waals surface area contributed by atoms with Crippen molar-refractivity contribution < 1.29 is 9.21 Å². The Hall–Kier alpha value is -1.94. The Kier molecular flexibility index (Phi) is 4.91. The molecule has 1 unspecified atom stereocenters. The van der Waals surface area contributed by atoms with Crippen LogP contribution in [0.5, 0.6) is 0 Å². The van der Waals surface area contributed by atoms with Crippen molar-refractivity contribution in [1.29, 1.82) is 0 Å². The second kappa shape index (κ2) is 6.68. The van der Waals surface area contributed by atoms with Gasteiger partial charge in [0, 0.05) is 19.8 Å². The Bertz CT molecular complexity index is 609. The van der Waals surface area contributed by atoms with Gasteiger partial charge in [-0.05, 0) is 36.8 Å². The molecule has 0 saturated heterocycles. The lowest BCUT2D eigenvalue weighted by atomic mass is 10.1. The quantitative estimate of drug-likeness (QED) is 0.900. The number of amides is 1. The van der Waals surface area contributed by atoms with Crippen LogP contribution in [0.25, 0.3) is 0 Å². The lowest BCUT2D eigenvalue weighted by molar-refractivity contribution is 0.0828. The highest BCUT2D eigenvalue weighted by atomic mass is 35.5. The van der Waals surface area contributed by atoms with E-state index in [0.717, 1.165) is 17.9 Å². The molecule has 4 nitrogen and oxygen atoms in total. The molecule has 5 heteroatoms. The van der Waals surface area contributed by atoms with Crippen molar-refractivity contribution in [3.63, 3.8) is 0 Å². The number of carbonyl (C=O) groups is 1. The predicted molar refractivity (Wildman–Crippen MR) is 84.8 cm³/mol. The predicted octanol–water partition coefficient (Wildman–Crippen LogP) is 4.20. The van der Waals surface area contributed by atoms with Crippen LogP contribution >= 0.6 is 11.6 Å². The van der Waals surface area contributed by atoms with Crippen molar-refractivity contribution in [3.8, 4) is 0 Å². The van der Waals surface area contributed by atoms with Crippen LogP contribution in [0.1, 0.15) is 35.5 Å². The third-order valence-electron chi connectivity index (χ3n) is 3.24. The number of nitrogens with one attached hydrogen (secondary N) is 1. The van der Waals surface area contributed by atoms with Gasteiger partial charge in [0.25, 0.3) is 5.91 Å². The molecule has 1 aromatic heterocycles. The van der Waals surface area contributed by atoms with Crippen LogP contribution in [-0.2, 0) is 0 Å². The Balaban J connectivity index is 2.24. The molecule has 0 aliphatic heterocycles. The van der Waals surface area contributed by atoms with E-state index in [1.54, 1.807) is 32.5 Å². The number of benzene rings is 1. The smallest absolute Gasteiger partial charge is 0.254 e. The van der Waals surface area contributed by atoms with Crippen LogP contribution in [0.4, 0.5) is 5.69 Å². The Labute approximate surface area is 129 Å². The van der Waals surface area contributed by atoms with Gasteiger partial charge in [0.2, 0.25) is 0 Å². The summed E-state index contributed by atoms with van der Waals surface area (Å²) in [7, 11) is 3.41. The fraction of sp³-hybridized carbons (Fsp3) is 0.312. The van der Waals surface area contributed by atoms with Gasteiger partial charge in [-0.1, -0.05) is 18.5 Å². The van der Waals surface area contributed by atoms with E-state index in [4.69, 9.17) is 16.0 Å². The summed E-state index contributed by atoms with van der Waals surface area (Å²) in [4.78, 5) is 13.6. The Morgan fingerprint density at radius 3 is 2.71 bits per heavy atom. The van der Waals surface area contributed by atoms with Gasteiger partial charge in [-0.15, -0.1) is 0 Å². The average Bonchev–Trinajstić information content (AvgIpc) is 2.99. The second-order valence-corrected chi connectivity index (χ2v) is 5.42. The van der Waals surface area contributed by atoms with Crippen LogP contribution in [0, 0.1) is 0 Å². The molecule has 1 heterocycles. The summed E-state index contributed by atoms with van der Waals surface area (Å²) in [6.45, 7) is 2.07. The van der Waals surface area contributed by atoms with Crippen molar-refractivity contribution in [3.05, 3.63) is 52.9 Å². The molecule has 0 aliphatic rings. The molecule has 1 aromatic carbocycles. The summed E-state index contributed by atoms with van der Waals surface area (Å²) < 4.78 is 5.43. The standard InChI is InChI=1S/C16H19ClN2O2/c1-4-14(15-6-5-9-21-15)18-11-7-8-13(17)12(10-11)16(20)19(2)3/h5-10,14,18H,4H2,1-3H3. The van der Waals surface area contributed by atoms with E-state index in [0.29, 0.717) is 10.6 Å². The molecule has 112 valence electrons. The number of furan rings is 1. The Morgan fingerprint density at radius 2 is 2.14 bits per heavy atom. The molecule has 0 spiro atoms. The molecule has 1 amide bonds. The maximum atomic E-state index is 12.1. The van der Waals surface area contributed by atoms with Gasteiger partial charge in [0.1, 0.15) is 5.76 Å². The molecule has 2 rings (SSSR count). The molecule has 0 radical (unpaired) electrons. The lowest BCUT2D eigenvalue weighted by Crippen LogP contribution is -2.22. The van der Waals surface area contributed by atoms with Crippen LogP contribution < -0.4 is 5.32 Å². The molecule has 1 N–H and O–H groups in total. The van der Waals surface area contributed by atoms with Crippen LogP contribution in [0.2, 0.25) is 5.02 Å². The summed E-state index contributed by atoms with van der Waals surface area (Å²) >= 11 is 6.11. The molecule has 2 aromatic rings. The number of anilines is 1. The van der Waals surface area contributed by atoms with Gasteiger partial charge in [0.05, 0.1) is 22.9 Å². The van der Waals surface area contributed by atoms with E-state index < -0.39 is 0 Å². The van der Waals surface area contributed by atoms with Gasteiger partial charge in [-0.25, -0.2) is 0 Å². The van der Waals surface area contributed by atoms with Gasteiger partial charge >= 0.3 is 0 Å². The minimum atomic E-state index is -0.116. The van der Waals surface area contributed by atoms with Crippen molar-refractivity contribution >= 4 is 23.2 Å². The zero-order valence-electron chi connectivity index (χ0n) is 12.4. The third-order valence-corrected chi connectivity index (χ3v) is 3.57. The van der Waals surface area contributed by atoms with Crippen molar-refractivity contribution in [2.45, 2.75) is 19.4 Å². The van der Waals surface area contributed by atoms with Crippen LogP contribution in [0.15, 0.2) is 41.0 Å². The summed E-state index contributed by atoms with van der Waals surface area (Å²) in [6, 6.07) is 9.22. The number of hydrogen-bond acceptors (Lipinski definition) is 3. The minimum absolute atomic E-state index is 0.0588. The highest BCUT2D eigenvalue weighted by molar-refractivity contribution is 6.34. The Morgan fingerprint density at radius 1 is 1.38 bits per heavy atom. The zero-order valence-corrected chi connectivity index (χ0v) is 13.1. The van der Waals surface area contributed by atoms with Gasteiger partial charge < -0.3 is 14.6 Å². The van der Waals surface area contributed by atoms with Gasteiger partial charge in [-0.3, -0.25) is 4.79 Å². The first kappa shape index (κ1) is 15.4. The topological polar surface area (TPSA) is 45.5 Å². The van der Waals surface area contributed by atoms with Gasteiger partial charge in [0.15, 0.2) is 0 Å². The molecule has 0 fully saturated rings.